The summed E-state index contributed by atoms with van der Waals surface area (Å²) >= 11 is 5.86. The third-order valence-electron chi connectivity index (χ3n) is 3.47. The van der Waals surface area contributed by atoms with Crippen molar-refractivity contribution in [2.24, 2.45) is 0 Å². The number of nitrogens with zero attached hydrogens (tertiary/aromatic N) is 3. The standard InChI is InChI=1S/C18H23ClN4O/c1-4-10-23(11-5-2)17-12-16(20-13(3)21-17)18(24)22-15-8-6-14(19)7-9-15/h6-9,12H,4-5,10-11H2,1-3H3,(H,22,24). The number of hydrogen-bond donors (Lipinski definition) is 1. The van der Waals surface area contributed by atoms with Gasteiger partial charge in [-0.15, -0.1) is 0 Å². The summed E-state index contributed by atoms with van der Waals surface area (Å²) in [6.07, 6.45) is 2.05. The number of anilines is 2. The van der Waals surface area contributed by atoms with Crippen molar-refractivity contribution in [1.29, 1.82) is 0 Å². The molecule has 1 heterocycles. The molecule has 1 amide bonds. The molecule has 0 atom stereocenters. The molecule has 0 unspecified atom stereocenters. The molecule has 1 aromatic carbocycles. The van der Waals surface area contributed by atoms with Gasteiger partial charge in [0.15, 0.2) is 0 Å². The molecule has 0 aliphatic heterocycles. The molecule has 2 rings (SSSR count). The van der Waals surface area contributed by atoms with E-state index < -0.39 is 0 Å². The number of aryl methyl sites for hydroxylation is 1. The van der Waals surface area contributed by atoms with Crippen molar-refractivity contribution in [1.82, 2.24) is 9.97 Å². The maximum absolute atomic E-state index is 12.5. The number of carbonyl (C=O) groups is 1. The van der Waals surface area contributed by atoms with Gasteiger partial charge in [0.05, 0.1) is 0 Å². The monoisotopic (exact) mass is 346 g/mol. The van der Waals surface area contributed by atoms with Gasteiger partial charge in [0, 0.05) is 29.9 Å². The minimum Gasteiger partial charge on any atom is -0.357 e. The van der Waals surface area contributed by atoms with Crippen molar-refractivity contribution in [3.8, 4) is 0 Å². The first-order valence-electron chi connectivity index (χ1n) is 8.21. The van der Waals surface area contributed by atoms with Crippen LogP contribution in [0.5, 0.6) is 0 Å². The Morgan fingerprint density at radius 2 is 1.75 bits per heavy atom. The zero-order valence-corrected chi connectivity index (χ0v) is 15.1. The lowest BCUT2D eigenvalue weighted by molar-refractivity contribution is 0.102. The number of benzene rings is 1. The number of amides is 1. The lowest BCUT2D eigenvalue weighted by Gasteiger charge is -2.23. The van der Waals surface area contributed by atoms with E-state index in [2.05, 4.69) is 34.0 Å². The minimum atomic E-state index is -0.253. The predicted octanol–water partition coefficient (Wildman–Crippen LogP) is 4.32. The zero-order chi connectivity index (χ0) is 17.5. The van der Waals surface area contributed by atoms with Crippen molar-refractivity contribution in [3.05, 3.63) is 46.9 Å². The van der Waals surface area contributed by atoms with Crippen molar-refractivity contribution in [2.75, 3.05) is 23.3 Å². The summed E-state index contributed by atoms with van der Waals surface area (Å²) in [6, 6.07) is 8.74. The molecule has 1 aromatic heterocycles. The fourth-order valence-electron chi connectivity index (χ4n) is 2.44. The molecule has 0 spiro atoms. The molecule has 24 heavy (non-hydrogen) atoms. The molecule has 2 aromatic rings. The van der Waals surface area contributed by atoms with E-state index in [4.69, 9.17) is 11.6 Å². The average molecular weight is 347 g/mol. The van der Waals surface area contributed by atoms with Crippen LogP contribution in [0.4, 0.5) is 11.5 Å². The highest BCUT2D eigenvalue weighted by molar-refractivity contribution is 6.30. The zero-order valence-electron chi connectivity index (χ0n) is 14.3. The van der Waals surface area contributed by atoms with E-state index in [1.54, 1.807) is 37.3 Å². The van der Waals surface area contributed by atoms with E-state index in [0.29, 0.717) is 22.2 Å². The average Bonchev–Trinajstić information content (AvgIpc) is 2.56. The van der Waals surface area contributed by atoms with Crippen LogP contribution in [0.15, 0.2) is 30.3 Å². The summed E-state index contributed by atoms with van der Waals surface area (Å²) in [4.78, 5) is 23.4. The summed E-state index contributed by atoms with van der Waals surface area (Å²) < 4.78 is 0. The number of halogens is 1. The van der Waals surface area contributed by atoms with E-state index in [1.165, 1.54) is 0 Å². The fraction of sp³-hybridized carbons (Fsp3) is 0.389. The normalized spacial score (nSPS) is 10.5. The van der Waals surface area contributed by atoms with Gasteiger partial charge < -0.3 is 10.2 Å². The Morgan fingerprint density at radius 3 is 2.33 bits per heavy atom. The van der Waals surface area contributed by atoms with Gasteiger partial charge in [0.25, 0.3) is 5.91 Å². The largest absolute Gasteiger partial charge is 0.357 e. The number of carbonyl (C=O) groups excluding carboxylic acids is 1. The predicted molar refractivity (Wildman–Crippen MR) is 99.0 cm³/mol. The van der Waals surface area contributed by atoms with Crippen LogP contribution in [0.1, 0.15) is 43.0 Å². The molecule has 0 radical (unpaired) electrons. The number of hydrogen-bond acceptors (Lipinski definition) is 4. The minimum absolute atomic E-state index is 0.253. The van der Waals surface area contributed by atoms with Crippen LogP contribution in [-0.2, 0) is 0 Å². The third kappa shape index (κ3) is 4.93. The lowest BCUT2D eigenvalue weighted by Crippen LogP contribution is -2.27. The van der Waals surface area contributed by atoms with Gasteiger partial charge in [-0.3, -0.25) is 4.79 Å². The highest BCUT2D eigenvalue weighted by Gasteiger charge is 2.14. The quantitative estimate of drug-likeness (QED) is 0.811. The van der Waals surface area contributed by atoms with Crippen LogP contribution in [0.25, 0.3) is 0 Å². The first kappa shape index (κ1) is 18.2. The second kappa shape index (κ2) is 8.64. The molecule has 6 heteroatoms. The van der Waals surface area contributed by atoms with E-state index in [0.717, 1.165) is 31.7 Å². The van der Waals surface area contributed by atoms with Crippen molar-refractivity contribution >= 4 is 29.0 Å². The van der Waals surface area contributed by atoms with Crippen LogP contribution >= 0.6 is 11.6 Å². The molecule has 0 aliphatic carbocycles. The molecule has 0 saturated carbocycles. The number of rotatable bonds is 7. The van der Waals surface area contributed by atoms with Gasteiger partial charge in [-0.2, -0.15) is 0 Å². The van der Waals surface area contributed by atoms with Crippen molar-refractivity contribution in [2.45, 2.75) is 33.6 Å². The fourth-order valence-corrected chi connectivity index (χ4v) is 2.57. The van der Waals surface area contributed by atoms with Gasteiger partial charge >= 0.3 is 0 Å². The van der Waals surface area contributed by atoms with E-state index in [9.17, 15) is 4.79 Å². The number of aromatic nitrogens is 2. The molecule has 0 fully saturated rings. The Balaban J connectivity index is 2.22. The van der Waals surface area contributed by atoms with Gasteiger partial charge in [-0.25, -0.2) is 9.97 Å². The molecular formula is C18H23ClN4O. The summed E-state index contributed by atoms with van der Waals surface area (Å²) in [7, 11) is 0. The van der Waals surface area contributed by atoms with Crippen molar-refractivity contribution < 1.29 is 4.79 Å². The van der Waals surface area contributed by atoms with Gasteiger partial charge in [-0.05, 0) is 44.0 Å². The molecule has 128 valence electrons. The van der Waals surface area contributed by atoms with E-state index >= 15 is 0 Å². The summed E-state index contributed by atoms with van der Waals surface area (Å²) in [5.41, 5.74) is 1.05. The maximum Gasteiger partial charge on any atom is 0.274 e. The second-order valence-corrected chi connectivity index (χ2v) is 6.04. The molecule has 1 N–H and O–H groups in total. The van der Waals surface area contributed by atoms with Gasteiger partial charge in [0.2, 0.25) is 0 Å². The van der Waals surface area contributed by atoms with Crippen LogP contribution in [0.2, 0.25) is 5.02 Å². The summed E-state index contributed by atoms with van der Waals surface area (Å²) in [5, 5.41) is 3.46. The molecule has 0 saturated heterocycles. The third-order valence-corrected chi connectivity index (χ3v) is 3.72. The SMILES string of the molecule is CCCN(CCC)c1cc(C(=O)Nc2ccc(Cl)cc2)nc(C)n1. The maximum atomic E-state index is 12.5. The summed E-state index contributed by atoms with van der Waals surface area (Å²) in [6.45, 7) is 7.87. The van der Waals surface area contributed by atoms with Crippen LogP contribution in [-0.4, -0.2) is 29.0 Å². The van der Waals surface area contributed by atoms with Gasteiger partial charge in [-0.1, -0.05) is 25.4 Å². The van der Waals surface area contributed by atoms with Crippen LogP contribution in [0, 0.1) is 6.92 Å². The van der Waals surface area contributed by atoms with Crippen LogP contribution in [0.3, 0.4) is 0 Å². The lowest BCUT2D eigenvalue weighted by atomic mass is 10.2. The Labute approximate surface area is 148 Å². The van der Waals surface area contributed by atoms with Crippen molar-refractivity contribution in [3.63, 3.8) is 0 Å². The Hall–Kier alpha value is -2.14. The van der Waals surface area contributed by atoms with E-state index in [-0.39, 0.29) is 5.91 Å². The Kier molecular flexibility index (Phi) is 6.55. The molecule has 0 aliphatic rings. The molecule has 5 nitrogen and oxygen atoms in total. The second-order valence-electron chi connectivity index (χ2n) is 5.61. The topological polar surface area (TPSA) is 58.1 Å². The van der Waals surface area contributed by atoms with Crippen LogP contribution < -0.4 is 10.2 Å². The highest BCUT2D eigenvalue weighted by atomic mass is 35.5. The Morgan fingerprint density at radius 1 is 1.12 bits per heavy atom. The first-order chi connectivity index (χ1) is 11.5. The smallest absolute Gasteiger partial charge is 0.274 e. The Bertz CT molecular complexity index is 682. The molecule has 0 bridgehead atoms. The van der Waals surface area contributed by atoms with E-state index in [1.807, 2.05) is 0 Å². The number of nitrogens with one attached hydrogen (secondary N) is 1. The highest BCUT2D eigenvalue weighted by Crippen LogP contribution is 2.17. The summed E-state index contributed by atoms with van der Waals surface area (Å²) in [5.74, 6) is 1.13. The van der Waals surface area contributed by atoms with Gasteiger partial charge in [0.1, 0.15) is 17.3 Å². The first-order valence-corrected chi connectivity index (χ1v) is 8.58. The molecular weight excluding hydrogens is 324 g/mol.